The zero-order valence-electron chi connectivity index (χ0n) is 11.6. The van der Waals surface area contributed by atoms with E-state index in [1.54, 1.807) is 27.8 Å². The molecule has 0 radical (unpaired) electrons. The first-order valence-corrected chi connectivity index (χ1v) is 6.20. The molecular weight excluding hydrogens is 232 g/mol. The molecule has 18 heavy (non-hydrogen) atoms. The molecule has 1 N–H and O–H groups in total. The summed E-state index contributed by atoms with van der Waals surface area (Å²) in [5, 5.41) is 17.9. The normalized spacial score (nSPS) is 12.6. The lowest BCUT2D eigenvalue weighted by Crippen LogP contribution is -2.41. The van der Waals surface area contributed by atoms with Crippen molar-refractivity contribution in [2.24, 2.45) is 5.41 Å². The van der Waals surface area contributed by atoms with Crippen LogP contribution in [0.15, 0.2) is 0 Å². The molecule has 1 unspecified atom stereocenters. The van der Waals surface area contributed by atoms with Crippen LogP contribution in [-0.2, 0) is 9.59 Å². The van der Waals surface area contributed by atoms with E-state index in [9.17, 15) is 14.7 Å². The van der Waals surface area contributed by atoms with Crippen LogP contribution in [-0.4, -0.2) is 35.0 Å². The average molecular weight is 254 g/mol. The molecule has 0 aromatic carbocycles. The Kier molecular flexibility index (Phi) is 6.39. The van der Waals surface area contributed by atoms with Crippen molar-refractivity contribution in [2.45, 2.75) is 52.5 Å². The Morgan fingerprint density at radius 3 is 2.22 bits per heavy atom. The summed E-state index contributed by atoms with van der Waals surface area (Å²) in [6.07, 6.45) is 1.08. The fraction of sp³-hybridized carbons (Fsp3) is 0.769. The van der Waals surface area contributed by atoms with E-state index < -0.39 is 11.4 Å². The SMILES string of the molecule is CCC(CC)(CC(=O)N(C)C(C)CC#N)C(=O)O. The van der Waals surface area contributed by atoms with Gasteiger partial charge in [0.1, 0.15) is 0 Å². The van der Waals surface area contributed by atoms with Crippen LogP contribution in [0.2, 0.25) is 0 Å². The lowest BCUT2D eigenvalue weighted by molar-refractivity contribution is -0.154. The molecule has 0 bridgehead atoms. The van der Waals surface area contributed by atoms with Gasteiger partial charge in [-0.05, 0) is 19.8 Å². The molecule has 1 atom stereocenters. The van der Waals surface area contributed by atoms with E-state index in [1.165, 1.54) is 4.90 Å². The molecule has 0 aliphatic heterocycles. The van der Waals surface area contributed by atoms with Gasteiger partial charge in [-0.1, -0.05) is 13.8 Å². The maximum Gasteiger partial charge on any atom is 0.310 e. The number of carboxylic acid groups (broad SMARTS) is 1. The molecule has 0 aromatic heterocycles. The van der Waals surface area contributed by atoms with Crippen LogP contribution in [0.3, 0.4) is 0 Å². The van der Waals surface area contributed by atoms with Gasteiger partial charge in [0.05, 0.1) is 17.9 Å². The second kappa shape index (κ2) is 7.00. The lowest BCUT2D eigenvalue weighted by atomic mass is 9.79. The summed E-state index contributed by atoms with van der Waals surface area (Å²) in [6, 6.07) is 1.81. The highest BCUT2D eigenvalue weighted by molar-refractivity contribution is 5.85. The highest BCUT2D eigenvalue weighted by Crippen LogP contribution is 2.31. The molecule has 0 fully saturated rings. The van der Waals surface area contributed by atoms with Gasteiger partial charge < -0.3 is 10.0 Å². The van der Waals surface area contributed by atoms with Crippen LogP contribution < -0.4 is 0 Å². The lowest BCUT2D eigenvalue weighted by Gasteiger charge is -2.30. The minimum atomic E-state index is -0.988. The molecule has 0 rings (SSSR count). The monoisotopic (exact) mass is 254 g/mol. The van der Waals surface area contributed by atoms with Crippen molar-refractivity contribution in [3.63, 3.8) is 0 Å². The molecule has 0 aliphatic carbocycles. The van der Waals surface area contributed by atoms with Gasteiger partial charge in [-0.2, -0.15) is 5.26 Å². The summed E-state index contributed by atoms with van der Waals surface area (Å²) in [5.74, 6) is -1.15. The maximum absolute atomic E-state index is 12.1. The number of carboxylic acids is 1. The highest BCUT2D eigenvalue weighted by Gasteiger charge is 2.38. The second-order valence-electron chi connectivity index (χ2n) is 4.69. The standard InChI is InChI=1S/C13H22N2O3/c1-5-13(6-2,12(17)18)9-11(16)15(4)10(3)7-8-14/h10H,5-7,9H2,1-4H3,(H,17,18). The van der Waals surface area contributed by atoms with Crippen molar-refractivity contribution >= 4 is 11.9 Å². The highest BCUT2D eigenvalue weighted by atomic mass is 16.4. The second-order valence-corrected chi connectivity index (χ2v) is 4.69. The minimum Gasteiger partial charge on any atom is -0.481 e. The van der Waals surface area contributed by atoms with Crippen LogP contribution in [0.4, 0.5) is 0 Å². The van der Waals surface area contributed by atoms with Crippen molar-refractivity contribution < 1.29 is 14.7 Å². The quantitative estimate of drug-likeness (QED) is 0.753. The number of amides is 1. The van der Waals surface area contributed by atoms with Crippen LogP contribution in [0, 0.1) is 16.7 Å². The van der Waals surface area contributed by atoms with Crippen molar-refractivity contribution in [1.29, 1.82) is 5.26 Å². The zero-order chi connectivity index (χ0) is 14.3. The third-order valence-electron chi connectivity index (χ3n) is 3.74. The number of hydrogen-bond donors (Lipinski definition) is 1. The number of carbonyl (C=O) groups is 2. The fourth-order valence-electron chi connectivity index (χ4n) is 1.81. The largest absolute Gasteiger partial charge is 0.481 e. The summed E-state index contributed by atoms with van der Waals surface area (Å²) in [7, 11) is 1.61. The van der Waals surface area contributed by atoms with Gasteiger partial charge in [0.25, 0.3) is 0 Å². The first-order chi connectivity index (χ1) is 8.34. The van der Waals surface area contributed by atoms with Crippen LogP contribution >= 0.6 is 0 Å². The zero-order valence-corrected chi connectivity index (χ0v) is 11.6. The van der Waals surface area contributed by atoms with Crippen LogP contribution in [0.5, 0.6) is 0 Å². The van der Waals surface area contributed by atoms with Crippen LogP contribution in [0.1, 0.15) is 46.5 Å². The van der Waals surface area contributed by atoms with E-state index in [1.807, 2.05) is 6.07 Å². The Labute approximate surface area is 108 Å². The number of rotatable bonds is 7. The third kappa shape index (κ3) is 3.73. The molecule has 0 saturated carbocycles. The number of nitriles is 1. The molecule has 1 amide bonds. The third-order valence-corrected chi connectivity index (χ3v) is 3.74. The Balaban J connectivity index is 4.82. The van der Waals surface area contributed by atoms with Crippen LogP contribution in [0.25, 0.3) is 0 Å². The topological polar surface area (TPSA) is 81.4 Å². The maximum atomic E-state index is 12.1. The average Bonchev–Trinajstić information content (AvgIpc) is 2.34. The summed E-state index contributed by atoms with van der Waals surface area (Å²) in [6.45, 7) is 5.34. The Morgan fingerprint density at radius 1 is 1.39 bits per heavy atom. The smallest absolute Gasteiger partial charge is 0.310 e. The van der Waals surface area contributed by atoms with E-state index in [2.05, 4.69) is 0 Å². The molecule has 102 valence electrons. The predicted octanol–water partition coefficient (Wildman–Crippen LogP) is 2.03. The van der Waals surface area contributed by atoms with E-state index in [4.69, 9.17) is 5.26 Å². The molecule has 0 spiro atoms. The Hall–Kier alpha value is -1.57. The van der Waals surface area contributed by atoms with E-state index in [-0.39, 0.29) is 24.8 Å². The first kappa shape index (κ1) is 16.4. The predicted molar refractivity (Wildman–Crippen MR) is 67.7 cm³/mol. The van der Waals surface area contributed by atoms with Crippen molar-refractivity contribution in [1.82, 2.24) is 4.90 Å². The molecule has 0 aromatic rings. The van der Waals surface area contributed by atoms with Gasteiger partial charge in [-0.3, -0.25) is 9.59 Å². The molecule has 5 heteroatoms. The van der Waals surface area contributed by atoms with Gasteiger partial charge in [-0.25, -0.2) is 0 Å². The van der Waals surface area contributed by atoms with E-state index in [0.717, 1.165) is 0 Å². The summed E-state index contributed by atoms with van der Waals surface area (Å²) >= 11 is 0. The van der Waals surface area contributed by atoms with Crippen molar-refractivity contribution in [3.05, 3.63) is 0 Å². The van der Waals surface area contributed by atoms with E-state index >= 15 is 0 Å². The molecule has 0 aliphatic rings. The van der Waals surface area contributed by atoms with Gasteiger partial charge in [0.2, 0.25) is 5.91 Å². The Morgan fingerprint density at radius 2 is 1.89 bits per heavy atom. The number of aliphatic carboxylic acids is 1. The summed E-state index contributed by atoms with van der Waals surface area (Å²) in [5.41, 5.74) is -0.988. The molecule has 0 saturated heterocycles. The molecular formula is C13H22N2O3. The number of nitrogens with zero attached hydrogens (tertiary/aromatic N) is 2. The van der Waals surface area contributed by atoms with Gasteiger partial charge in [-0.15, -0.1) is 0 Å². The summed E-state index contributed by atoms with van der Waals surface area (Å²) in [4.78, 5) is 24.8. The molecule has 5 nitrogen and oxygen atoms in total. The first-order valence-electron chi connectivity index (χ1n) is 6.20. The van der Waals surface area contributed by atoms with Crippen molar-refractivity contribution in [3.8, 4) is 6.07 Å². The number of carbonyl (C=O) groups excluding carboxylic acids is 1. The van der Waals surface area contributed by atoms with Gasteiger partial charge in [0.15, 0.2) is 0 Å². The summed E-state index contributed by atoms with van der Waals surface area (Å²) < 4.78 is 0. The van der Waals surface area contributed by atoms with Gasteiger partial charge in [0, 0.05) is 19.5 Å². The van der Waals surface area contributed by atoms with Gasteiger partial charge >= 0.3 is 5.97 Å². The Bertz CT molecular complexity index is 343. The fourth-order valence-corrected chi connectivity index (χ4v) is 1.81. The minimum absolute atomic E-state index is 0.0123. The van der Waals surface area contributed by atoms with E-state index in [0.29, 0.717) is 12.8 Å². The molecule has 0 heterocycles. The number of hydrogen-bond acceptors (Lipinski definition) is 3. The van der Waals surface area contributed by atoms with Crippen molar-refractivity contribution in [2.75, 3.05) is 7.05 Å².